The van der Waals surface area contributed by atoms with Gasteiger partial charge in [0, 0.05) is 12.4 Å². The second kappa shape index (κ2) is 6.83. The molecule has 2 rings (SSSR count). The van der Waals surface area contributed by atoms with Gasteiger partial charge in [0.2, 0.25) is 0 Å². The minimum Gasteiger partial charge on any atom is -0.313 e. The molecule has 0 aliphatic rings. The van der Waals surface area contributed by atoms with E-state index in [1.165, 1.54) is 12.3 Å². The van der Waals surface area contributed by atoms with Gasteiger partial charge in [-0.25, -0.2) is 14.3 Å². The lowest BCUT2D eigenvalue weighted by molar-refractivity contribution is 0.229. The van der Waals surface area contributed by atoms with Crippen LogP contribution in [0.2, 0.25) is 0 Å². The molecule has 0 saturated heterocycles. The van der Waals surface area contributed by atoms with E-state index in [-0.39, 0.29) is 24.3 Å². The molecule has 0 spiro atoms. The van der Waals surface area contributed by atoms with Gasteiger partial charge in [-0.05, 0) is 26.0 Å². The topological polar surface area (TPSA) is 103 Å². The lowest BCUT2D eigenvalue weighted by Crippen LogP contribution is -2.43. The Bertz CT molecular complexity index is 789. The molecule has 2 aromatic heterocycles. The van der Waals surface area contributed by atoms with Gasteiger partial charge in [-0.2, -0.15) is 0 Å². The molecule has 0 aliphatic carbocycles. The van der Waals surface area contributed by atoms with Crippen LogP contribution in [-0.4, -0.2) is 27.7 Å². The van der Waals surface area contributed by atoms with Crippen LogP contribution in [0, 0.1) is 0 Å². The van der Waals surface area contributed by atoms with Gasteiger partial charge in [-0.3, -0.25) is 9.36 Å². The first-order valence-electron chi connectivity index (χ1n) is 6.69. The van der Waals surface area contributed by atoms with E-state index in [0.717, 1.165) is 10.8 Å². The molecule has 0 aromatic carbocycles. The van der Waals surface area contributed by atoms with Crippen LogP contribution in [0.3, 0.4) is 0 Å². The van der Waals surface area contributed by atoms with Gasteiger partial charge >= 0.3 is 13.3 Å². The first-order valence-corrected chi connectivity index (χ1v) is 8.23. The van der Waals surface area contributed by atoms with Crippen molar-refractivity contribution in [2.45, 2.75) is 13.8 Å². The predicted molar refractivity (Wildman–Crippen MR) is 80.9 cm³/mol. The van der Waals surface area contributed by atoms with E-state index in [1.807, 2.05) is 0 Å². The van der Waals surface area contributed by atoms with Crippen LogP contribution in [0.5, 0.6) is 0 Å². The van der Waals surface area contributed by atoms with E-state index in [0.29, 0.717) is 0 Å². The van der Waals surface area contributed by atoms with Gasteiger partial charge in [0.25, 0.3) is 5.56 Å². The smallest absolute Gasteiger partial charge is 0.313 e. The van der Waals surface area contributed by atoms with Gasteiger partial charge in [0.05, 0.1) is 13.2 Å². The Hall–Kier alpha value is -2.02. The molecule has 1 N–H and O–H groups in total. The SMILES string of the molecule is CCOP(=O)(OCC)c1c[nH]c(=O)n(-c2ccccn2)c1=O. The molecule has 0 atom stereocenters. The third kappa shape index (κ3) is 3.09. The van der Waals surface area contributed by atoms with Crippen LogP contribution in [0.15, 0.2) is 40.2 Å². The molecule has 2 aromatic rings. The summed E-state index contributed by atoms with van der Waals surface area (Å²) in [5, 5.41) is -0.235. The Morgan fingerprint density at radius 3 is 2.45 bits per heavy atom. The van der Waals surface area contributed by atoms with Gasteiger partial charge in [-0.1, -0.05) is 6.07 Å². The number of nitrogens with one attached hydrogen (secondary N) is 1. The maximum absolute atomic E-state index is 12.7. The zero-order valence-corrected chi connectivity index (χ0v) is 13.1. The van der Waals surface area contributed by atoms with Gasteiger partial charge < -0.3 is 14.0 Å². The predicted octanol–water partition coefficient (Wildman–Crippen LogP) is 0.812. The molecule has 0 unspecified atom stereocenters. The average molecular weight is 325 g/mol. The number of H-pyrrole nitrogens is 1. The molecule has 9 heteroatoms. The maximum atomic E-state index is 12.7. The van der Waals surface area contributed by atoms with Crippen molar-refractivity contribution in [2.75, 3.05) is 13.2 Å². The second-order valence-corrected chi connectivity index (χ2v) is 6.13. The van der Waals surface area contributed by atoms with Crippen molar-refractivity contribution < 1.29 is 13.6 Å². The number of aromatic amines is 1. The summed E-state index contributed by atoms with van der Waals surface area (Å²) in [6, 6.07) is 4.77. The molecule has 118 valence electrons. The fourth-order valence-electron chi connectivity index (χ4n) is 1.87. The van der Waals surface area contributed by atoms with Crippen molar-refractivity contribution in [1.29, 1.82) is 0 Å². The fourth-order valence-corrected chi connectivity index (χ4v) is 3.46. The fraction of sp³-hybridized carbons (Fsp3) is 0.308. The monoisotopic (exact) mass is 325 g/mol. The first-order chi connectivity index (χ1) is 10.5. The van der Waals surface area contributed by atoms with Gasteiger partial charge in [0.1, 0.15) is 11.1 Å². The third-order valence-electron chi connectivity index (χ3n) is 2.73. The molecule has 2 heterocycles. The van der Waals surface area contributed by atoms with Crippen molar-refractivity contribution in [3.8, 4) is 5.82 Å². The lowest BCUT2D eigenvalue weighted by atomic mass is 10.4. The number of rotatable bonds is 6. The average Bonchev–Trinajstić information content (AvgIpc) is 2.48. The minimum atomic E-state index is -3.81. The van der Waals surface area contributed by atoms with Gasteiger partial charge in [-0.15, -0.1) is 0 Å². The number of hydrogen-bond acceptors (Lipinski definition) is 6. The maximum Gasteiger partial charge on any atom is 0.368 e. The van der Waals surface area contributed by atoms with E-state index >= 15 is 0 Å². The number of hydrogen-bond donors (Lipinski definition) is 1. The molecule has 8 nitrogen and oxygen atoms in total. The number of pyridine rings is 1. The summed E-state index contributed by atoms with van der Waals surface area (Å²) < 4.78 is 23.8. The Morgan fingerprint density at radius 2 is 1.91 bits per heavy atom. The van der Waals surface area contributed by atoms with Crippen LogP contribution in [0.25, 0.3) is 5.82 Å². The Morgan fingerprint density at radius 1 is 1.23 bits per heavy atom. The highest BCUT2D eigenvalue weighted by Crippen LogP contribution is 2.45. The Balaban J connectivity index is 2.68. The van der Waals surface area contributed by atoms with Crippen molar-refractivity contribution in [3.63, 3.8) is 0 Å². The largest absolute Gasteiger partial charge is 0.368 e. The zero-order chi connectivity index (χ0) is 16.2. The summed E-state index contributed by atoms with van der Waals surface area (Å²) >= 11 is 0. The van der Waals surface area contributed by atoms with Crippen LogP contribution >= 0.6 is 7.60 Å². The standard InChI is InChI=1S/C13H16N3O5P/c1-3-20-22(19,21-4-2)10-9-15-13(18)16(12(10)17)11-7-5-6-8-14-11/h5-9H,3-4H2,1-2H3,(H,15,18). The molecule has 0 saturated carbocycles. The van der Waals surface area contributed by atoms with Crippen LogP contribution in [-0.2, 0) is 13.6 Å². The highest BCUT2D eigenvalue weighted by molar-refractivity contribution is 7.62. The van der Waals surface area contributed by atoms with Crippen molar-refractivity contribution in [3.05, 3.63) is 51.4 Å². The molecule has 0 aliphatic heterocycles. The highest BCUT2D eigenvalue weighted by Gasteiger charge is 2.32. The van der Waals surface area contributed by atoms with Crippen LogP contribution in [0.1, 0.15) is 13.8 Å². The lowest BCUT2D eigenvalue weighted by Gasteiger charge is -2.16. The Kier molecular flexibility index (Phi) is 5.07. The van der Waals surface area contributed by atoms with Crippen LogP contribution in [0.4, 0.5) is 0 Å². The summed E-state index contributed by atoms with van der Waals surface area (Å²) in [5.74, 6) is 0.121. The molecule has 0 amide bonds. The van der Waals surface area contributed by atoms with E-state index in [2.05, 4.69) is 9.97 Å². The first kappa shape index (κ1) is 16.4. The normalized spacial score (nSPS) is 11.5. The Labute approximate surface area is 126 Å². The molecule has 22 heavy (non-hydrogen) atoms. The summed E-state index contributed by atoms with van der Waals surface area (Å²) in [6.07, 6.45) is 2.51. The second-order valence-electron chi connectivity index (χ2n) is 4.14. The van der Waals surface area contributed by atoms with Crippen molar-refractivity contribution >= 4 is 12.9 Å². The van der Waals surface area contributed by atoms with Crippen molar-refractivity contribution in [2.24, 2.45) is 0 Å². The van der Waals surface area contributed by atoms with E-state index in [9.17, 15) is 14.2 Å². The van der Waals surface area contributed by atoms with Crippen molar-refractivity contribution in [1.82, 2.24) is 14.5 Å². The third-order valence-corrected chi connectivity index (χ3v) is 4.84. The summed E-state index contributed by atoms with van der Waals surface area (Å²) in [6.45, 7) is 3.46. The summed E-state index contributed by atoms with van der Waals surface area (Å²) in [4.78, 5) is 30.8. The molecular weight excluding hydrogens is 309 g/mol. The highest BCUT2D eigenvalue weighted by atomic mass is 31.2. The molecule has 0 fully saturated rings. The van der Waals surface area contributed by atoms with E-state index in [4.69, 9.17) is 9.05 Å². The number of aromatic nitrogens is 3. The number of nitrogens with zero attached hydrogens (tertiary/aromatic N) is 2. The van der Waals surface area contributed by atoms with E-state index in [1.54, 1.807) is 26.0 Å². The molecule has 0 radical (unpaired) electrons. The summed E-state index contributed by atoms with van der Waals surface area (Å²) in [5.41, 5.74) is -1.47. The molecule has 0 bridgehead atoms. The zero-order valence-electron chi connectivity index (χ0n) is 12.2. The van der Waals surface area contributed by atoms with E-state index < -0.39 is 18.8 Å². The molecular formula is C13H16N3O5P. The quantitative estimate of drug-likeness (QED) is 0.788. The van der Waals surface area contributed by atoms with Gasteiger partial charge in [0.15, 0.2) is 0 Å². The summed E-state index contributed by atoms with van der Waals surface area (Å²) in [7, 11) is -3.81. The minimum absolute atomic E-state index is 0.0967. The van der Waals surface area contributed by atoms with Crippen LogP contribution < -0.4 is 16.6 Å².